The van der Waals surface area contributed by atoms with Crippen molar-refractivity contribution >= 4 is 33.4 Å². The lowest BCUT2D eigenvalue weighted by Gasteiger charge is -2.36. The Bertz CT molecular complexity index is 1790. The van der Waals surface area contributed by atoms with Crippen LogP contribution in [-0.4, -0.2) is 69.4 Å². The van der Waals surface area contributed by atoms with E-state index >= 15 is 0 Å². The van der Waals surface area contributed by atoms with E-state index in [1.807, 2.05) is 56.0 Å². The standard InChI is InChI=1S/C34H39N5O7S/c1-34(2,3)24-14-16-26(17-15-24)47(42,43)37-31-30(46-28-13-9-8-12-27(28)44-4)32(45-23-18-29(40)41)36-33(35-31)39-21-19-38(20-22-39)25-10-6-5-7-11-25/h5-17H,18-23H2,1-4H3,(H,40,41)(H,35,36,37). The van der Waals surface area contributed by atoms with Crippen LogP contribution in [0.4, 0.5) is 17.5 Å². The predicted octanol–water partition coefficient (Wildman–Crippen LogP) is 5.56. The Labute approximate surface area is 275 Å². The number of anilines is 3. The number of nitrogens with one attached hydrogen (secondary N) is 1. The Morgan fingerprint density at radius 2 is 1.49 bits per heavy atom. The van der Waals surface area contributed by atoms with Gasteiger partial charge in [-0.05, 0) is 47.4 Å². The maximum Gasteiger partial charge on any atom is 0.306 e. The van der Waals surface area contributed by atoms with Gasteiger partial charge in [-0.3, -0.25) is 9.52 Å². The molecule has 1 aliphatic rings. The largest absolute Gasteiger partial charge is 0.493 e. The molecule has 1 saturated heterocycles. The number of aromatic nitrogens is 2. The van der Waals surface area contributed by atoms with Gasteiger partial charge in [0.1, 0.15) is 6.61 Å². The number of aliphatic carboxylic acids is 1. The lowest BCUT2D eigenvalue weighted by Crippen LogP contribution is -2.47. The molecule has 12 nitrogen and oxygen atoms in total. The fourth-order valence-corrected chi connectivity index (χ4v) is 6.00. The summed E-state index contributed by atoms with van der Waals surface area (Å²) >= 11 is 0. The van der Waals surface area contributed by atoms with E-state index in [0.29, 0.717) is 31.9 Å². The number of carboxylic acids is 1. The molecule has 0 amide bonds. The average molecular weight is 662 g/mol. The van der Waals surface area contributed by atoms with Crippen LogP contribution in [0.1, 0.15) is 32.8 Å². The Balaban J connectivity index is 1.55. The van der Waals surface area contributed by atoms with Crippen molar-refractivity contribution in [1.29, 1.82) is 0 Å². The molecule has 0 aliphatic carbocycles. The highest BCUT2D eigenvalue weighted by Crippen LogP contribution is 2.42. The number of nitrogens with zero attached hydrogens (tertiary/aromatic N) is 4. The Kier molecular flexibility index (Phi) is 10.0. The molecule has 1 fully saturated rings. The van der Waals surface area contributed by atoms with Crippen LogP contribution in [0, 0.1) is 0 Å². The average Bonchev–Trinajstić information content (AvgIpc) is 3.06. The molecule has 0 spiro atoms. The van der Waals surface area contributed by atoms with E-state index < -0.39 is 16.0 Å². The molecule has 4 aromatic rings. The number of carbonyl (C=O) groups is 1. The minimum absolute atomic E-state index is 0.0266. The molecule has 0 radical (unpaired) electrons. The summed E-state index contributed by atoms with van der Waals surface area (Å²) < 4.78 is 47.7. The highest BCUT2D eigenvalue weighted by atomic mass is 32.2. The number of hydrogen-bond acceptors (Lipinski definition) is 10. The number of piperazine rings is 1. The van der Waals surface area contributed by atoms with Gasteiger partial charge < -0.3 is 29.1 Å². The minimum Gasteiger partial charge on any atom is -0.493 e. The molecule has 13 heteroatoms. The predicted molar refractivity (Wildman–Crippen MR) is 180 cm³/mol. The summed E-state index contributed by atoms with van der Waals surface area (Å²) in [6.07, 6.45) is -0.315. The van der Waals surface area contributed by atoms with Crippen molar-refractivity contribution in [3.63, 3.8) is 0 Å². The zero-order valence-corrected chi connectivity index (χ0v) is 27.7. The van der Waals surface area contributed by atoms with E-state index in [0.717, 1.165) is 11.3 Å². The molecular formula is C34H39N5O7S. The third-order valence-corrected chi connectivity index (χ3v) is 8.96. The monoisotopic (exact) mass is 661 g/mol. The van der Waals surface area contributed by atoms with E-state index in [1.165, 1.54) is 7.11 Å². The molecule has 1 aliphatic heterocycles. The van der Waals surface area contributed by atoms with Gasteiger partial charge >= 0.3 is 5.97 Å². The van der Waals surface area contributed by atoms with Crippen molar-refractivity contribution in [2.45, 2.75) is 37.5 Å². The molecule has 0 bridgehead atoms. The number of benzene rings is 3. The van der Waals surface area contributed by atoms with Crippen LogP contribution in [0.5, 0.6) is 23.1 Å². The number of methoxy groups -OCH3 is 1. The molecule has 5 rings (SSSR count). The quantitative estimate of drug-likeness (QED) is 0.197. The number of rotatable bonds is 12. The van der Waals surface area contributed by atoms with Crippen LogP contribution in [0.25, 0.3) is 0 Å². The topological polar surface area (TPSA) is 143 Å². The maximum absolute atomic E-state index is 13.8. The van der Waals surface area contributed by atoms with Crippen molar-refractivity contribution < 1.29 is 32.5 Å². The van der Waals surface area contributed by atoms with Crippen molar-refractivity contribution in [2.24, 2.45) is 0 Å². The number of sulfonamides is 1. The highest BCUT2D eigenvalue weighted by molar-refractivity contribution is 7.92. The molecule has 1 aromatic heterocycles. The summed E-state index contributed by atoms with van der Waals surface area (Å²) in [6.45, 7) is 8.31. The summed E-state index contributed by atoms with van der Waals surface area (Å²) in [5.74, 6) is -0.664. The van der Waals surface area contributed by atoms with Crippen molar-refractivity contribution in [2.75, 3.05) is 54.4 Å². The molecule has 2 N–H and O–H groups in total. The number of hydrogen-bond donors (Lipinski definition) is 2. The Morgan fingerprint density at radius 1 is 0.872 bits per heavy atom. The van der Waals surface area contributed by atoms with Gasteiger partial charge in [0, 0.05) is 31.9 Å². The van der Waals surface area contributed by atoms with Crippen LogP contribution in [0.15, 0.2) is 83.8 Å². The van der Waals surface area contributed by atoms with Crippen LogP contribution in [-0.2, 0) is 20.2 Å². The second kappa shape index (κ2) is 14.2. The first kappa shape index (κ1) is 33.3. The second-order valence-electron chi connectivity index (χ2n) is 11.9. The van der Waals surface area contributed by atoms with Gasteiger partial charge in [0.05, 0.1) is 18.4 Å². The fraction of sp³-hybridized carbons (Fsp3) is 0.324. The fourth-order valence-electron chi connectivity index (χ4n) is 4.99. The molecule has 47 heavy (non-hydrogen) atoms. The van der Waals surface area contributed by atoms with E-state index in [-0.39, 0.29) is 52.5 Å². The summed E-state index contributed by atoms with van der Waals surface area (Å²) in [5, 5.41) is 9.28. The number of para-hydroxylation sites is 3. The lowest BCUT2D eigenvalue weighted by molar-refractivity contribution is -0.137. The van der Waals surface area contributed by atoms with Gasteiger partial charge in [-0.25, -0.2) is 8.42 Å². The molecule has 0 saturated carbocycles. The van der Waals surface area contributed by atoms with Gasteiger partial charge in [0.25, 0.3) is 15.9 Å². The van der Waals surface area contributed by atoms with E-state index in [2.05, 4.69) is 19.6 Å². The van der Waals surface area contributed by atoms with Crippen molar-refractivity contribution in [3.05, 3.63) is 84.4 Å². The maximum atomic E-state index is 13.8. The molecule has 0 unspecified atom stereocenters. The van der Waals surface area contributed by atoms with Gasteiger partial charge in [0.2, 0.25) is 11.7 Å². The molecule has 2 heterocycles. The first-order valence-electron chi connectivity index (χ1n) is 15.2. The number of ether oxygens (including phenoxy) is 3. The molecule has 248 valence electrons. The lowest BCUT2D eigenvalue weighted by atomic mass is 9.87. The minimum atomic E-state index is -4.18. The van der Waals surface area contributed by atoms with Crippen molar-refractivity contribution in [3.8, 4) is 23.1 Å². The van der Waals surface area contributed by atoms with E-state index in [9.17, 15) is 18.3 Å². The smallest absolute Gasteiger partial charge is 0.306 e. The zero-order chi connectivity index (χ0) is 33.6. The van der Waals surface area contributed by atoms with Gasteiger partial charge in [-0.2, -0.15) is 9.97 Å². The summed E-state index contributed by atoms with van der Waals surface area (Å²) in [5.41, 5.74) is 1.90. The summed E-state index contributed by atoms with van der Waals surface area (Å²) in [4.78, 5) is 24.8. The van der Waals surface area contributed by atoms with E-state index in [1.54, 1.807) is 48.5 Å². The SMILES string of the molecule is COc1ccccc1Oc1c(NS(=O)(=O)c2ccc(C(C)(C)C)cc2)nc(N2CCN(c3ccccc3)CC2)nc1OCCC(=O)O. The number of carboxylic acid groups (broad SMARTS) is 1. The Hall–Kier alpha value is -5.04. The third kappa shape index (κ3) is 8.22. The molecule has 3 aromatic carbocycles. The van der Waals surface area contributed by atoms with Gasteiger partial charge in [0.15, 0.2) is 17.3 Å². The molecule has 0 atom stereocenters. The van der Waals surface area contributed by atoms with Crippen LogP contribution in [0.3, 0.4) is 0 Å². The van der Waals surface area contributed by atoms with Gasteiger partial charge in [-0.15, -0.1) is 0 Å². The molecular weight excluding hydrogens is 622 g/mol. The normalized spacial score (nSPS) is 13.6. The van der Waals surface area contributed by atoms with Gasteiger partial charge in [-0.1, -0.05) is 63.2 Å². The van der Waals surface area contributed by atoms with E-state index in [4.69, 9.17) is 14.2 Å². The zero-order valence-electron chi connectivity index (χ0n) is 26.8. The van der Waals surface area contributed by atoms with Crippen LogP contribution < -0.4 is 28.7 Å². The summed E-state index contributed by atoms with van der Waals surface area (Å²) in [7, 11) is -2.70. The first-order valence-corrected chi connectivity index (χ1v) is 16.7. The Morgan fingerprint density at radius 3 is 2.11 bits per heavy atom. The third-order valence-electron chi connectivity index (χ3n) is 7.60. The van der Waals surface area contributed by atoms with Crippen LogP contribution >= 0.6 is 0 Å². The second-order valence-corrected chi connectivity index (χ2v) is 13.6. The van der Waals surface area contributed by atoms with Crippen molar-refractivity contribution in [1.82, 2.24) is 9.97 Å². The van der Waals surface area contributed by atoms with Crippen LogP contribution in [0.2, 0.25) is 0 Å². The first-order chi connectivity index (χ1) is 22.4. The highest BCUT2D eigenvalue weighted by Gasteiger charge is 2.28. The summed E-state index contributed by atoms with van der Waals surface area (Å²) in [6, 6.07) is 23.5.